The first kappa shape index (κ1) is 32.9. The molecule has 5 rings (SSSR count). The molecule has 0 N–H and O–H groups in total. The average Bonchev–Trinajstić information content (AvgIpc) is 3.28. The van der Waals surface area contributed by atoms with Crippen LogP contribution in [0.25, 0.3) is 0 Å². The lowest BCUT2D eigenvalue weighted by molar-refractivity contribution is -0.00222. The molecule has 0 saturated carbocycles. The van der Waals surface area contributed by atoms with E-state index < -0.39 is 20.1 Å². The number of alkyl halides is 1. The van der Waals surface area contributed by atoms with E-state index in [1.54, 1.807) is 0 Å². The lowest BCUT2D eigenvalue weighted by Gasteiger charge is -2.49. The molecule has 5 atom stereocenters. The third kappa shape index (κ3) is 6.89. The zero-order chi connectivity index (χ0) is 32.4. The molecule has 2 aromatic carbocycles. The van der Waals surface area contributed by atoms with E-state index in [1.165, 1.54) is 10.4 Å². The predicted molar refractivity (Wildman–Crippen MR) is 175 cm³/mol. The Morgan fingerprint density at radius 2 is 1.69 bits per heavy atom. The van der Waals surface area contributed by atoms with E-state index in [-0.39, 0.29) is 35.1 Å². The maximum absolute atomic E-state index is 14.1. The Hall–Kier alpha value is -3.43. The van der Waals surface area contributed by atoms with Crippen molar-refractivity contribution in [1.29, 1.82) is 5.26 Å². The molecule has 2 aliphatic heterocycles. The monoisotopic (exact) mass is 632 g/mol. The molecule has 0 bridgehead atoms. The summed E-state index contributed by atoms with van der Waals surface area (Å²) in [6, 6.07) is 22.9. The summed E-state index contributed by atoms with van der Waals surface area (Å²) in [5.41, 5.74) is -0.771. The largest absolute Gasteiger partial charge is 0.459 e. The SMILES string of the molecule is C[C@H](Oc1nc(C#N)nc(N2C[C@](C)(O[Si](c3ccccc3)(c3ccccc3)C(C)(C)C)COC[C@H]2C)n1)[C@@H]1C[C@@H](F)CN1C. The number of hydrogen-bond donors (Lipinski definition) is 0. The van der Waals surface area contributed by atoms with Gasteiger partial charge in [-0.3, -0.25) is 4.90 Å². The molecule has 0 amide bonds. The molecule has 3 aromatic rings. The van der Waals surface area contributed by atoms with Crippen LogP contribution in [0.1, 0.15) is 53.8 Å². The predicted octanol–water partition coefficient (Wildman–Crippen LogP) is 4.11. The fourth-order valence-electron chi connectivity index (χ4n) is 6.78. The number of aromatic nitrogens is 3. The molecule has 0 aliphatic carbocycles. The number of nitrogens with zero attached hydrogens (tertiary/aromatic N) is 6. The molecule has 2 fully saturated rings. The van der Waals surface area contributed by atoms with Gasteiger partial charge in [-0.25, -0.2) is 4.39 Å². The van der Waals surface area contributed by atoms with Crippen molar-refractivity contribution < 1.29 is 18.3 Å². The van der Waals surface area contributed by atoms with Crippen LogP contribution in [0.4, 0.5) is 10.3 Å². The van der Waals surface area contributed by atoms with Gasteiger partial charge < -0.3 is 18.8 Å². The number of rotatable bonds is 8. The first-order valence-electron chi connectivity index (χ1n) is 15.7. The van der Waals surface area contributed by atoms with Gasteiger partial charge in [-0.15, -0.1) is 0 Å². The summed E-state index contributed by atoms with van der Waals surface area (Å²) in [6.07, 6.45) is -0.911. The number of halogens is 1. The highest BCUT2D eigenvalue weighted by atomic mass is 28.4. The molecule has 0 unspecified atom stereocenters. The minimum atomic E-state index is -2.93. The molecule has 11 heteroatoms. The Bertz CT molecular complexity index is 1450. The zero-order valence-electron chi connectivity index (χ0n) is 27.4. The third-order valence-corrected chi connectivity index (χ3v) is 14.2. The van der Waals surface area contributed by atoms with Crippen molar-refractivity contribution in [3.63, 3.8) is 0 Å². The smallest absolute Gasteiger partial charge is 0.322 e. The van der Waals surface area contributed by atoms with Crippen LogP contribution in [0, 0.1) is 11.3 Å². The Balaban J connectivity index is 1.52. The summed E-state index contributed by atoms with van der Waals surface area (Å²) in [4.78, 5) is 17.5. The van der Waals surface area contributed by atoms with Gasteiger partial charge in [-0.2, -0.15) is 20.2 Å². The fourth-order valence-corrected chi connectivity index (χ4v) is 11.6. The average molecular weight is 633 g/mol. The number of likely N-dealkylation sites (tertiary alicyclic amines) is 1. The van der Waals surface area contributed by atoms with E-state index in [0.29, 0.717) is 38.7 Å². The summed E-state index contributed by atoms with van der Waals surface area (Å²) >= 11 is 0. The fraction of sp³-hybridized carbons (Fsp3) is 0.529. The molecule has 45 heavy (non-hydrogen) atoms. The summed E-state index contributed by atoms with van der Waals surface area (Å²) in [5.74, 6) is 0.277. The van der Waals surface area contributed by atoms with Gasteiger partial charge in [0, 0.05) is 12.6 Å². The highest BCUT2D eigenvalue weighted by molar-refractivity contribution is 6.99. The van der Waals surface area contributed by atoms with Gasteiger partial charge in [0.2, 0.25) is 11.8 Å². The minimum Gasteiger partial charge on any atom is -0.459 e. The molecule has 0 spiro atoms. The molecule has 2 aliphatic rings. The lowest BCUT2D eigenvalue weighted by Crippen LogP contribution is -2.70. The summed E-state index contributed by atoms with van der Waals surface area (Å²) < 4.78 is 34.1. The molecule has 2 saturated heterocycles. The van der Waals surface area contributed by atoms with Crippen LogP contribution >= 0.6 is 0 Å². The topological polar surface area (TPSA) is 96.6 Å². The van der Waals surface area contributed by atoms with Gasteiger partial charge in [0.05, 0.1) is 31.4 Å². The Morgan fingerprint density at radius 1 is 1.07 bits per heavy atom. The molecule has 0 radical (unpaired) electrons. The molecule has 1 aromatic heterocycles. The van der Waals surface area contributed by atoms with Gasteiger partial charge >= 0.3 is 6.01 Å². The first-order valence-corrected chi connectivity index (χ1v) is 17.6. The van der Waals surface area contributed by atoms with Crippen molar-refractivity contribution in [3.05, 3.63) is 66.5 Å². The second-order valence-corrected chi connectivity index (χ2v) is 17.9. The second kappa shape index (κ2) is 13.1. The van der Waals surface area contributed by atoms with Crippen LogP contribution in [0.2, 0.25) is 5.04 Å². The van der Waals surface area contributed by atoms with Crippen molar-refractivity contribution in [2.75, 3.05) is 38.3 Å². The van der Waals surface area contributed by atoms with E-state index in [1.807, 2.05) is 42.8 Å². The second-order valence-electron chi connectivity index (χ2n) is 13.7. The van der Waals surface area contributed by atoms with Gasteiger partial charge in [0.25, 0.3) is 8.32 Å². The normalized spacial score (nSPS) is 25.4. The van der Waals surface area contributed by atoms with Gasteiger partial charge in [-0.05, 0) is 49.7 Å². The highest BCUT2D eigenvalue weighted by Gasteiger charge is 2.54. The summed E-state index contributed by atoms with van der Waals surface area (Å²) in [6.45, 7) is 14.3. The van der Waals surface area contributed by atoms with Crippen LogP contribution in [0.15, 0.2) is 60.7 Å². The Morgan fingerprint density at radius 3 is 2.22 bits per heavy atom. The van der Waals surface area contributed by atoms with E-state index >= 15 is 0 Å². The van der Waals surface area contributed by atoms with Crippen molar-refractivity contribution in [2.45, 2.75) is 83.0 Å². The quantitative estimate of drug-likeness (QED) is 0.340. The molecular weight excluding hydrogens is 587 g/mol. The number of likely N-dealkylation sites (N-methyl/N-ethyl adjacent to an activating group) is 1. The van der Waals surface area contributed by atoms with Crippen LogP contribution < -0.4 is 20.0 Å². The Kier molecular flexibility index (Phi) is 9.61. The highest BCUT2D eigenvalue weighted by Crippen LogP contribution is 2.40. The van der Waals surface area contributed by atoms with Crippen molar-refractivity contribution in [3.8, 4) is 12.1 Å². The molecule has 3 heterocycles. The molecular formula is C34H45FN6O3Si. The van der Waals surface area contributed by atoms with Crippen LogP contribution in [0.3, 0.4) is 0 Å². The summed E-state index contributed by atoms with van der Waals surface area (Å²) in [5, 5.41) is 12.0. The number of hydrogen-bond acceptors (Lipinski definition) is 9. The maximum atomic E-state index is 14.1. The van der Waals surface area contributed by atoms with Crippen LogP contribution in [0.5, 0.6) is 6.01 Å². The first-order chi connectivity index (χ1) is 21.3. The lowest BCUT2D eigenvalue weighted by atomic mass is 10.1. The van der Waals surface area contributed by atoms with Crippen LogP contribution in [-0.2, 0) is 9.16 Å². The molecule has 240 valence electrons. The van der Waals surface area contributed by atoms with Gasteiger partial charge in [0.1, 0.15) is 18.3 Å². The van der Waals surface area contributed by atoms with E-state index in [0.717, 1.165) is 0 Å². The van der Waals surface area contributed by atoms with Crippen molar-refractivity contribution in [2.24, 2.45) is 0 Å². The third-order valence-electron chi connectivity index (χ3n) is 8.96. The zero-order valence-corrected chi connectivity index (χ0v) is 28.4. The van der Waals surface area contributed by atoms with E-state index in [2.05, 4.69) is 92.3 Å². The standard InChI is InChI=1S/C34H45FN6O3Si/c1-24-21-42-23-34(6,44-45(33(3,4)5,27-14-10-8-11-15-27)28-16-12-9-13-17-28)22-41(24)31-37-30(19-36)38-32(39-31)43-25(2)29-18-26(35)20-40(29)7/h8-17,24-26,29H,18,20-23H2,1-7H3/t24-,25+,26-,29+,34+/m1/s1. The van der Waals surface area contributed by atoms with E-state index in [9.17, 15) is 9.65 Å². The molecule has 9 nitrogen and oxygen atoms in total. The van der Waals surface area contributed by atoms with E-state index in [4.69, 9.17) is 18.9 Å². The van der Waals surface area contributed by atoms with Crippen molar-refractivity contribution >= 4 is 24.6 Å². The maximum Gasteiger partial charge on any atom is 0.322 e. The Labute approximate surface area is 267 Å². The number of anilines is 1. The van der Waals surface area contributed by atoms with Gasteiger partial charge in [0.15, 0.2) is 0 Å². The van der Waals surface area contributed by atoms with Crippen molar-refractivity contribution in [1.82, 2.24) is 19.9 Å². The number of nitriles is 1. The summed E-state index contributed by atoms with van der Waals surface area (Å²) in [7, 11) is -1.05. The number of benzene rings is 2. The van der Waals surface area contributed by atoms with Gasteiger partial charge in [-0.1, -0.05) is 81.4 Å². The minimum absolute atomic E-state index is 0.0442. The van der Waals surface area contributed by atoms with Crippen LogP contribution in [-0.4, -0.2) is 91.5 Å². The number of ether oxygens (including phenoxy) is 2.